The summed E-state index contributed by atoms with van der Waals surface area (Å²) in [5.74, 6) is 1.49. The van der Waals surface area contributed by atoms with Gasteiger partial charge in [0, 0.05) is 18.4 Å². The minimum absolute atomic E-state index is 0.0561. The molecule has 0 saturated heterocycles. The number of anilines is 1. The van der Waals surface area contributed by atoms with Crippen LogP contribution in [0, 0.1) is 0 Å². The standard InChI is InChI=1S/C19H23N5OS/c1-4-24-18(16-6-5-11-20-16)22-23-19(24)26-12-17(25)21-15-9-7-14(8-10-15)13(2)3/h5-11,13,20H,4,12H2,1-3H3,(H,21,25). The SMILES string of the molecule is CCn1c(SCC(=O)Nc2ccc(C(C)C)cc2)nnc1-c1ccc[nH]1. The van der Waals surface area contributed by atoms with Gasteiger partial charge < -0.3 is 14.9 Å². The van der Waals surface area contributed by atoms with Crippen LogP contribution in [0.15, 0.2) is 47.8 Å². The van der Waals surface area contributed by atoms with Gasteiger partial charge in [-0.05, 0) is 42.7 Å². The fraction of sp³-hybridized carbons (Fsp3) is 0.316. The van der Waals surface area contributed by atoms with Crippen molar-refractivity contribution in [2.45, 2.75) is 38.4 Å². The molecule has 3 rings (SSSR count). The molecule has 2 N–H and O–H groups in total. The van der Waals surface area contributed by atoms with E-state index < -0.39 is 0 Å². The van der Waals surface area contributed by atoms with Crippen molar-refractivity contribution in [3.05, 3.63) is 48.2 Å². The van der Waals surface area contributed by atoms with Gasteiger partial charge in [-0.1, -0.05) is 37.7 Å². The van der Waals surface area contributed by atoms with E-state index in [1.165, 1.54) is 17.3 Å². The van der Waals surface area contributed by atoms with Gasteiger partial charge in [0.2, 0.25) is 5.91 Å². The van der Waals surface area contributed by atoms with Crippen LogP contribution in [0.1, 0.15) is 32.3 Å². The molecule has 0 radical (unpaired) electrons. The van der Waals surface area contributed by atoms with Crippen molar-refractivity contribution in [3.8, 4) is 11.5 Å². The molecule has 3 aromatic rings. The normalized spacial score (nSPS) is 11.1. The van der Waals surface area contributed by atoms with Gasteiger partial charge in [0.15, 0.2) is 11.0 Å². The summed E-state index contributed by atoms with van der Waals surface area (Å²) in [5, 5.41) is 12.1. The molecule has 1 aromatic carbocycles. The van der Waals surface area contributed by atoms with Crippen molar-refractivity contribution >= 4 is 23.4 Å². The third-order valence-electron chi connectivity index (χ3n) is 4.07. The molecule has 1 amide bonds. The van der Waals surface area contributed by atoms with Gasteiger partial charge in [-0.3, -0.25) is 4.79 Å². The highest BCUT2D eigenvalue weighted by atomic mass is 32.2. The second-order valence-corrected chi connectivity index (χ2v) is 7.19. The molecule has 2 heterocycles. The highest BCUT2D eigenvalue weighted by molar-refractivity contribution is 7.99. The number of aromatic nitrogens is 4. The van der Waals surface area contributed by atoms with E-state index in [9.17, 15) is 4.79 Å². The number of thioether (sulfide) groups is 1. The maximum Gasteiger partial charge on any atom is 0.234 e. The number of nitrogens with one attached hydrogen (secondary N) is 2. The van der Waals surface area contributed by atoms with E-state index in [1.807, 2.05) is 54.1 Å². The van der Waals surface area contributed by atoms with Crippen LogP contribution in [0.3, 0.4) is 0 Å². The predicted octanol–water partition coefficient (Wildman–Crippen LogP) is 4.15. The molecule has 0 aliphatic heterocycles. The number of rotatable bonds is 7. The quantitative estimate of drug-likeness (QED) is 0.614. The van der Waals surface area contributed by atoms with E-state index in [2.05, 4.69) is 34.3 Å². The lowest BCUT2D eigenvalue weighted by atomic mass is 10.0. The van der Waals surface area contributed by atoms with E-state index in [0.717, 1.165) is 28.9 Å². The van der Waals surface area contributed by atoms with E-state index in [1.54, 1.807) is 0 Å². The number of carbonyl (C=O) groups is 1. The molecule has 0 fully saturated rings. The van der Waals surface area contributed by atoms with E-state index in [0.29, 0.717) is 5.92 Å². The van der Waals surface area contributed by atoms with Crippen LogP contribution >= 0.6 is 11.8 Å². The van der Waals surface area contributed by atoms with Gasteiger partial charge in [0.25, 0.3) is 0 Å². The van der Waals surface area contributed by atoms with Crippen molar-refractivity contribution in [2.24, 2.45) is 0 Å². The number of carbonyl (C=O) groups excluding carboxylic acids is 1. The number of amides is 1. The number of nitrogens with zero attached hydrogens (tertiary/aromatic N) is 3. The minimum Gasteiger partial charge on any atom is -0.359 e. The fourth-order valence-electron chi connectivity index (χ4n) is 2.63. The van der Waals surface area contributed by atoms with E-state index in [4.69, 9.17) is 0 Å². The van der Waals surface area contributed by atoms with Gasteiger partial charge in [-0.25, -0.2) is 0 Å². The van der Waals surface area contributed by atoms with Gasteiger partial charge in [0.05, 0.1) is 11.4 Å². The van der Waals surface area contributed by atoms with Crippen LogP contribution in [0.2, 0.25) is 0 Å². The van der Waals surface area contributed by atoms with Gasteiger partial charge in [-0.2, -0.15) is 0 Å². The first kappa shape index (κ1) is 18.3. The molecular formula is C19H23N5OS. The van der Waals surface area contributed by atoms with Crippen LogP contribution in [-0.4, -0.2) is 31.4 Å². The lowest BCUT2D eigenvalue weighted by Crippen LogP contribution is -2.14. The van der Waals surface area contributed by atoms with Crippen molar-refractivity contribution in [1.29, 1.82) is 0 Å². The Morgan fingerprint density at radius 3 is 2.62 bits per heavy atom. The Morgan fingerprint density at radius 2 is 2.00 bits per heavy atom. The summed E-state index contributed by atoms with van der Waals surface area (Å²) in [7, 11) is 0. The molecule has 7 heteroatoms. The summed E-state index contributed by atoms with van der Waals surface area (Å²) in [6.07, 6.45) is 1.86. The first-order valence-electron chi connectivity index (χ1n) is 8.68. The monoisotopic (exact) mass is 369 g/mol. The van der Waals surface area contributed by atoms with Crippen molar-refractivity contribution in [3.63, 3.8) is 0 Å². The van der Waals surface area contributed by atoms with Crippen LogP contribution in [0.5, 0.6) is 0 Å². The zero-order chi connectivity index (χ0) is 18.5. The third kappa shape index (κ3) is 4.16. The number of aromatic amines is 1. The third-order valence-corrected chi connectivity index (χ3v) is 5.03. The van der Waals surface area contributed by atoms with E-state index in [-0.39, 0.29) is 11.7 Å². The molecule has 0 bridgehead atoms. The first-order valence-corrected chi connectivity index (χ1v) is 9.66. The molecule has 0 aliphatic carbocycles. The summed E-state index contributed by atoms with van der Waals surface area (Å²) in [4.78, 5) is 15.4. The number of hydrogen-bond donors (Lipinski definition) is 2. The van der Waals surface area contributed by atoms with Crippen LogP contribution in [0.4, 0.5) is 5.69 Å². The highest BCUT2D eigenvalue weighted by Crippen LogP contribution is 2.23. The summed E-state index contributed by atoms with van der Waals surface area (Å²) < 4.78 is 2.00. The summed E-state index contributed by atoms with van der Waals surface area (Å²) in [5.41, 5.74) is 2.98. The number of hydrogen-bond acceptors (Lipinski definition) is 4. The average molecular weight is 369 g/mol. The summed E-state index contributed by atoms with van der Waals surface area (Å²) >= 11 is 1.39. The van der Waals surface area contributed by atoms with Crippen LogP contribution in [-0.2, 0) is 11.3 Å². The summed E-state index contributed by atoms with van der Waals surface area (Å²) in [6, 6.07) is 11.9. The van der Waals surface area contributed by atoms with Crippen molar-refractivity contribution in [2.75, 3.05) is 11.1 Å². The Hall–Kier alpha value is -2.54. The molecule has 2 aromatic heterocycles. The Bertz CT molecular complexity index is 853. The smallest absolute Gasteiger partial charge is 0.234 e. The Balaban J connectivity index is 1.61. The van der Waals surface area contributed by atoms with Gasteiger partial charge >= 0.3 is 0 Å². The minimum atomic E-state index is -0.0561. The second-order valence-electron chi connectivity index (χ2n) is 6.25. The van der Waals surface area contributed by atoms with Crippen molar-refractivity contribution < 1.29 is 4.79 Å². The lowest BCUT2D eigenvalue weighted by Gasteiger charge is -2.09. The molecule has 0 saturated carbocycles. The summed E-state index contributed by atoms with van der Waals surface area (Å²) in [6.45, 7) is 7.07. The molecular weight excluding hydrogens is 346 g/mol. The largest absolute Gasteiger partial charge is 0.359 e. The molecule has 6 nitrogen and oxygen atoms in total. The van der Waals surface area contributed by atoms with Crippen molar-refractivity contribution in [1.82, 2.24) is 19.7 Å². The Labute approximate surface area is 157 Å². The molecule has 136 valence electrons. The number of benzene rings is 1. The first-order chi connectivity index (χ1) is 12.6. The molecule has 0 aliphatic rings. The molecule has 0 atom stereocenters. The maximum absolute atomic E-state index is 12.2. The molecule has 0 unspecified atom stereocenters. The Morgan fingerprint density at radius 1 is 1.23 bits per heavy atom. The highest BCUT2D eigenvalue weighted by Gasteiger charge is 2.15. The zero-order valence-corrected chi connectivity index (χ0v) is 16.0. The number of H-pyrrole nitrogens is 1. The van der Waals surface area contributed by atoms with E-state index >= 15 is 0 Å². The lowest BCUT2D eigenvalue weighted by molar-refractivity contribution is -0.113. The van der Waals surface area contributed by atoms with Crippen LogP contribution < -0.4 is 5.32 Å². The Kier molecular flexibility index (Phi) is 5.78. The molecule has 0 spiro atoms. The topological polar surface area (TPSA) is 75.6 Å². The second kappa shape index (κ2) is 8.23. The zero-order valence-electron chi connectivity index (χ0n) is 15.2. The average Bonchev–Trinajstić information content (AvgIpc) is 3.29. The van der Waals surface area contributed by atoms with Crippen LogP contribution in [0.25, 0.3) is 11.5 Å². The van der Waals surface area contributed by atoms with Gasteiger partial charge in [0.1, 0.15) is 0 Å². The fourth-order valence-corrected chi connectivity index (χ4v) is 3.43. The molecule has 26 heavy (non-hydrogen) atoms. The van der Waals surface area contributed by atoms with Gasteiger partial charge in [-0.15, -0.1) is 10.2 Å². The maximum atomic E-state index is 12.2. The predicted molar refractivity (Wildman–Crippen MR) is 105 cm³/mol.